The van der Waals surface area contributed by atoms with Crippen molar-refractivity contribution in [3.05, 3.63) is 24.4 Å². The first kappa shape index (κ1) is 14.8. The highest BCUT2D eigenvalue weighted by atomic mass is 32.2. The number of aromatic nitrogens is 2. The lowest BCUT2D eigenvalue weighted by atomic mass is 10.4. The molecular weight excluding hydrogens is 278 g/mol. The van der Waals surface area contributed by atoms with Crippen LogP contribution in [0.1, 0.15) is 20.8 Å². The highest BCUT2D eigenvalue weighted by Crippen LogP contribution is 2.26. The number of anilines is 1. The largest absolute Gasteiger partial charge is 0.306 e. The Kier molecular flexibility index (Phi) is 3.98. The van der Waals surface area contributed by atoms with Crippen molar-refractivity contribution in [2.75, 3.05) is 12.0 Å². The fraction of sp³-hybridized carbons (Fsp3) is 0.417. The number of imidazole rings is 1. The molecule has 0 amide bonds. The minimum atomic E-state index is -3.69. The summed E-state index contributed by atoms with van der Waals surface area (Å²) in [5, 5.41) is 0.0613. The van der Waals surface area contributed by atoms with Gasteiger partial charge in [-0.3, -0.25) is 4.40 Å². The maximum atomic E-state index is 12.8. The number of hydrazine groups is 1. The molecule has 2 rings (SSSR count). The molecule has 110 valence electrons. The summed E-state index contributed by atoms with van der Waals surface area (Å²) in [6, 6.07) is 5.12. The van der Waals surface area contributed by atoms with Crippen molar-refractivity contribution in [3.8, 4) is 0 Å². The summed E-state index contributed by atoms with van der Waals surface area (Å²) in [5.41, 5.74) is 2.90. The maximum Gasteiger partial charge on any atom is 0.263 e. The van der Waals surface area contributed by atoms with Crippen molar-refractivity contribution < 1.29 is 8.42 Å². The fourth-order valence-corrected chi connectivity index (χ4v) is 4.11. The van der Waals surface area contributed by atoms with Gasteiger partial charge in [-0.1, -0.05) is 13.0 Å². The second-order valence-electron chi connectivity index (χ2n) is 4.64. The van der Waals surface area contributed by atoms with E-state index in [2.05, 4.69) is 10.4 Å². The quantitative estimate of drug-likeness (QED) is 0.635. The van der Waals surface area contributed by atoms with Crippen molar-refractivity contribution >= 4 is 21.5 Å². The van der Waals surface area contributed by atoms with E-state index in [1.165, 1.54) is 8.71 Å². The van der Waals surface area contributed by atoms with Crippen LogP contribution in [0.25, 0.3) is 5.65 Å². The van der Waals surface area contributed by atoms with Crippen LogP contribution in [0.2, 0.25) is 0 Å². The van der Waals surface area contributed by atoms with Gasteiger partial charge in [-0.25, -0.2) is 19.2 Å². The van der Waals surface area contributed by atoms with Crippen LogP contribution in [0.4, 0.5) is 5.82 Å². The summed E-state index contributed by atoms with van der Waals surface area (Å²) in [6.07, 6.45) is 1.66. The third-order valence-electron chi connectivity index (χ3n) is 3.06. The van der Waals surface area contributed by atoms with Gasteiger partial charge in [0.25, 0.3) is 10.0 Å². The average Bonchev–Trinajstić information content (AvgIpc) is 2.77. The Morgan fingerprint density at radius 3 is 2.70 bits per heavy atom. The fourth-order valence-electron chi connectivity index (χ4n) is 2.24. The normalized spacial score (nSPS) is 12.5. The van der Waals surface area contributed by atoms with Crippen molar-refractivity contribution in [1.82, 2.24) is 13.7 Å². The summed E-state index contributed by atoms with van der Waals surface area (Å²) < 4.78 is 28.6. The lowest BCUT2D eigenvalue weighted by Gasteiger charge is -2.24. The molecule has 0 radical (unpaired) electrons. The monoisotopic (exact) mass is 297 g/mol. The predicted molar refractivity (Wildman–Crippen MR) is 77.7 cm³/mol. The molecule has 0 spiro atoms. The van der Waals surface area contributed by atoms with Gasteiger partial charge in [0.15, 0.2) is 5.82 Å². The number of hydrogen-bond donors (Lipinski definition) is 2. The zero-order valence-corrected chi connectivity index (χ0v) is 12.6. The van der Waals surface area contributed by atoms with Crippen molar-refractivity contribution in [3.63, 3.8) is 0 Å². The van der Waals surface area contributed by atoms with Crippen molar-refractivity contribution in [2.45, 2.75) is 31.8 Å². The molecule has 0 saturated carbocycles. The molecule has 0 bridgehead atoms. The summed E-state index contributed by atoms with van der Waals surface area (Å²) in [7, 11) is -3.69. The molecule has 0 atom stereocenters. The number of sulfonamides is 1. The molecule has 0 unspecified atom stereocenters. The number of nitrogens with two attached hydrogens (primary N) is 1. The molecule has 20 heavy (non-hydrogen) atoms. The molecule has 2 heterocycles. The number of nitrogen functional groups attached to an aromatic ring is 1. The van der Waals surface area contributed by atoms with Crippen LogP contribution in [0.5, 0.6) is 0 Å². The van der Waals surface area contributed by atoms with Crippen LogP contribution < -0.4 is 11.3 Å². The van der Waals surface area contributed by atoms with Crippen LogP contribution in [-0.4, -0.2) is 34.7 Å². The first-order valence-electron chi connectivity index (χ1n) is 6.39. The lowest BCUT2D eigenvalue weighted by Crippen LogP contribution is -2.37. The van der Waals surface area contributed by atoms with E-state index in [1.807, 2.05) is 13.8 Å². The molecule has 0 aliphatic rings. The van der Waals surface area contributed by atoms with E-state index in [4.69, 9.17) is 5.84 Å². The van der Waals surface area contributed by atoms with E-state index >= 15 is 0 Å². The number of pyridine rings is 1. The first-order valence-corrected chi connectivity index (χ1v) is 7.83. The van der Waals surface area contributed by atoms with E-state index in [1.54, 1.807) is 31.3 Å². The van der Waals surface area contributed by atoms with E-state index in [0.717, 1.165) is 0 Å². The zero-order valence-electron chi connectivity index (χ0n) is 11.7. The second-order valence-corrected chi connectivity index (χ2v) is 6.45. The zero-order chi connectivity index (χ0) is 14.9. The number of fused-ring (bicyclic) bond motifs is 1. The van der Waals surface area contributed by atoms with Gasteiger partial charge in [0, 0.05) is 18.8 Å². The smallest absolute Gasteiger partial charge is 0.263 e. The summed E-state index contributed by atoms with van der Waals surface area (Å²) in [5.74, 6) is 5.57. The molecule has 0 saturated heterocycles. The van der Waals surface area contributed by atoms with Crippen LogP contribution in [0.15, 0.2) is 29.4 Å². The van der Waals surface area contributed by atoms with Gasteiger partial charge in [0.2, 0.25) is 5.03 Å². The third-order valence-corrected chi connectivity index (χ3v) is 5.24. The topological polar surface area (TPSA) is 92.7 Å². The maximum absolute atomic E-state index is 12.8. The summed E-state index contributed by atoms with van der Waals surface area (Å²) in [6.45, 7) is 5.85. The minimum absolute atomic E-state index is 0.0613. The Hall–Kier alpha value is -1.64. The standard InChI is InChI=1S/C12H19N5O2S/c1-4-17(9(2)3)20(18,19)12-11(15-13)14-10-7-5-6-8-16(10)12/h5-9,15H,4,13H2,1-3H3. The van der Waals surface area contributed by atoms with Gasteiger partial charge in [0.05, 0.1) is 0 Å². The van der Waals surface area contributed by atoms with Crippen molar-refractivity contribution in [1.29, 1.82) is 0 Å². The molecule has 2 aromatic heterocycles. The molecule has 3 N–H and O–H groups in total. The third kappa shape index (κ3) is 2.26. The van der Waals surface area contributed by atoms with Crippen LogP contribution >= 0.6 is 0 Å². The predicted octanol–water partition coefficient (Wildman–Crippen LogP) is 1.04. The molecule has 8 heteroatoms. The van der Waals surface area contributed by atoms with E-state index in [9.17, 15) is 8.42 Å². The lowest BCUT2D eigenvalue weighted by molar-refractivity contribution is 0.367. The number of rotatable bonds is 5. The Labute approximate surface area is 118 Å². The first-order chi connectivity index (χ1) is 9.43. The molecule has 0 fully saturated rings. The van der Waals surface area contributed by atoms with Crippen molar-refractivity contribution in [2.24, 2.45) is 5.84 Å². The van der Waals surface area contributed by atoms with Crippen LogP contribution in [-0.2, 0) is 10.0 Å². The highest BCUT2D eigenvalue weighted by Gasteiger charge is 2.32. The van der Waals surface area contributed by atoms with Crippen LogP contribution in [0.3, 0.4) is 0 Å². The van der Waals surface area contributed by atoms with Gasteiger partial charge < -0.3 is 5.43 Å². The molecule has 0 aromatic carbocycles. The van der Waals surface area contributed by atoms with E-state index < -0.39 is 10.0 Å². The van der Waals surface area contributed by atoms with Gasteiger partial charge in [-0.05, 0) is 26.0 Å². The minimum Gasteiger partial charge on any atom is -0.306 e. The molecular formula is C12H19N5O2S. The van der Waals surface area contributed by atoms with Gasteiger partial charge in [-0.2, -0.15) is 4.31 Å². The second kappa shape index (κ2) is 5.39. The molecule has 7 nitrogen and oxygen atoms in total. The number of hydrogen-bond acceptors (Lipinski definition) is 5. The molecule has 0 aliphatic heterocycles. The van der Waals surface area contributed by atoms with E-state index in [0.29, 0.717) is 12.2 Å². The summed E-state index contributed by atoms with van der Waals surface area (Å²) >= 11 is 0. The Morgan fingerprint density at radius 1 is 1.45 bits per heavy atom. The number of nitrogens with zero attached hydrogens (tertiary/aromatic N) is 3. The average molecular weight is 297 g/mol. The number of nitrogens with one attached hydrogen (secondary N) is 1. The Bertz CT molecular complexity index is 708. The van der Waals surface area contributed by atoms with E-state index in [-0.39, 0.29) is 16.9 Å². The highest BCUT2D eigenvalue weighted by molar-refractivity contribution is 7.89. The Morgan fingerprint density at radius 2 is 2.15 bits per heavy atom. The molecule has 0 aliphatic carbocycles. The Balaban J connectivity index is 2.73. The van der Waals surface area contributed by atoms with Gasteiger partial charge in [0.1, 0.15) is 5.65 Å². The van der Waals surface area contributed by atoms with Gasteiger partial charge in [-0.15, -0.1) is 0 Å². The van der Waals surface area contributed by atoms with Crippen LogP contribution in [0, 0.1) is 0 Å². The summed E-state index contributed by atoms with van der Waals surface area (Å²) in [4.78, 5) is 4.19. The molecule has 2 aromatic rings. The van der Waals surface area contributed by atoms with Gasteiger partial charge >= 0.3 is 0 Å². The SMILES string of the molecule is CCN(C(C)C)S(=O)(=O)c1c(NN)nc2ccccn12.